The van der Waals surface area contributed by atoms with Crippen LogP contribution < -0.4 is 4.90 Å². The van der Waals surface area contributed by atoms with E-state index in [4.69, 9.17) is 15.1 Å². The Labute approximate surface area is 298 Å². The van der Waals surface area contributed by atoms with E-state index in [-0.39, 0.29) is 14.5 Å². The zero-order chi connectivity index (χ0) is 34.4. The van der Waals surface area contributed by atoms with Gasteiger partial charge in [0.25, 0.3) is 0 Å². The summed E-state index contributed by atoms with van der Waals surface area (Å²) in [5, 5.41) is 11.7. The van der Waals surface area contributed by atoms with Crippen molar-refractivity contribution in [1.82, 2.24) is 24.7 Å². The van der Waals surface area contributed by atoms with E-state index in [0.717, 1.165) is 40.0 Å². The summed E-state index contributed by atoms with van der Waals surface area (Å²) in [6.45, 7) is 11.0. The molecule has 0 aliphatic heterocycles. The van der Waals surface area contributed by atoms with E-state index in [1.807, 2.05) is 12.4 Å². The van der Waals surface area contributed by atoms with Crippen LogP contribution in [0.2, 0.25) is 0 Å². The molecule has 0 atom stereocenters. The third-order valence-electron chi connectivity index (χ3n) is 9.25. The van der Waals surface area contributed by atoms with Gasteiger partial charge in [0, 0.05) is 0 Å². The molecule has 0 bridgehead atoms. The zero-order valence-electron chi connectivity index (χ0n) is 28.9. The number of fused-ring (bicyclic) bond motifs is 3. The van der Waals surface area contributed by atoms with Gasteiger partial charge in [0.2, 0.25) is 0 Å². The van der Waals surface area contributed by atoms with Crippen LogP contribution in [-0.2, 0) is 0 Å². The topological polar surface area (TPSA) is 59.7 Å². The van der Waals surface area contributed by atoms with Crippen LogP contribution in [0.3, 0.4) is 0 Å². The van der Waals surface area contributed by atoms with Crippen molar-refractivity contribution < 1.29 is 0 Å². The minimum absolute atomic E-state index is 0.109. The van der Waals surface area contributed by atoms with Crippen molar-refractivity contribution in [3.05, 3.63) is 144 Å². The van der Waals surface area contributed by atoms with Gasteiger partial charge in [0.05, 0.1) is 0 Å². The Morgan fingerprint density at radius 2 is 1.38 bits per heavy atom. The molecule has 7 heteroatoms. The Hall–Kier alpha value is -5.36. The van der Waals surface area contributed by atoms with Crippen molar-refractivity contribution in [3.63, 3.8) is 0 Å². The minimum atomic E-state index is 0.109. The first-order valence-electron chi connectivity index (χ1n) is 17.1. The van der Waals surface area contributed by atoms with Crippen molar-refractivity contribution in [2.24, 2.45) is 0 Å². The number of hydrogen-bond acceptors (Lipinski definition) is 5. The molecule has 0 aliphatic carbocycles. The van der Waals surface area contributed by atoms with Crippen LogP contribution in [0, 0.1) is 6.92 Å². The Kier molecular flexibility index (Phi) is 8.39. The summed E-state index contributed by atoms with van der Waals surface area (Å²) in [7, 11) is 0. The summed E-state index contributed by atoms with van der Waals surface area (Å²) in [5.41, 5.74) is 9.90. The fraction of sp³-hybridized carbons (Fsp3) is 0.163. The Morgan fingerprint density at radius 1 is 0.660 bits per heavy atom. The van der Waals surface area contributed by atoms with Crippen LogP contribution >= 0.6 is 0 Å². The summed E-state index contributed by atoms with van der Waals surface area (Å²) in [6.07, 6.45) is 1.85. The number of nitrogens with zero attached hydrogens (tertiary/aromatic N) is 6. The molecule has 0 radical (unpaired) electrons. The molecule has 0 saturated carbocycles. The second-order valence-corrected chi connectivity index (χ2v) is 15.4. The van der Waals surface area contributed by atoms with Crippen LogP contribution in [0.5, 0.6) is 0 Å². The Morgan fingerprint density at radius 3 is 2.16 bits per heavy atom. The summed E-state index contributed by atoms with van der Waals surface area (Å²) < 4.78 is 4.71. The molecular weight excluding hydrogens is 679 g/mol. The van der Waals surface area contributed by atoms with Gasteiger partial charge in [-0.25, -0.2) is 0 Å². The van der Waals surface area contributed by atoms with Crippen LogP contribution in [0.4, 0.5) is 17.2 Å². The zero-order valence-corrected chi connectivity index (χ0v) is 30.6. The standard InChI is InChI=1S/C43H38N6Se/c1-27(2)33-17-10-18-34(28(3)4)40(33)48-26-44-47-42(48)30-13-9-16-32(25-30)49(31-14-7-6-8-15-31)39-22-12-21-38(46-39)37-20-11-19-35-36-24-23-29(5)45-43(36)50-41(35)37/h6-28H,1-5H3. The SMILES string of the molecule is Cc1ccc2c(n1)[se]c1c(-c3cccc(N(c4ccccc4)c4cccc(-c5nncn5-c5c(C(C)C)cccc5C(C)C)c4)n3)cccc12. The first-order chi connectivity index (χ1) is 24.4. The molecule has 6 nitrogen and oxygen atoms in total. The van der Waals surface area contributed by atoms with Gasteiger partial charge in [-0.2, -0.15) is 0 Å². The van der Waals surface area contributed by atoms with Gasteiger partial charge in [-0.1, -0.05) is 45.9 Å². The number of aromatic nitrogens is 5. The Balaban J connectivity index is 1.26. The van der Waals surface area contributed by atoms with Crippen molar-refractivity contribution >= 4 is 51.1 Å². The van der Waals surface area contributed by atoms with E-state index in [1.165, 1.54) is 41.8 Å². The van der Waals surface area contributed by atoms with Gasteiger partial charge in [0.15, 0.2) is 0 Å². The van der Waals surface area contributed by atoms with Crippen molar-refractivity contribution in [2.45, 2.75) is 46.5 Å². The Bertz CT molecular complexity index is 2450. The molecule has 4 heterocycles. The fourth-order valence-corrected chi connectivity index (χ4v) is 9.44. The predicted octanol–water partition coefficient (Wildman–Crippen LogP) is 10.8. The fourth-order valence-electron chi connectivity index (χ4n) is 6.83. The number of benzene rings is 4. The molecule has 4 aromatic carbocycles. The molecule has 0 aliphatic rings. The van der Waals surface area contributed by atoms with Crippen molar-refractivity contribution in [2.75, 3.05) is 4.90 Å². The number of anilines is 3. The molecule has 0 saturated heterocycles. The maximum atomic E-state index is 5.36. The van der Waals surface area contributed by atoms with E-state index in [0.29, 0.717) is 11.8 Å². The molecule has 50 heavy (non-hydrogen) atoms. The molecule has 0 N–H and O–H groups in total. The molecule has 4 aromatic heterocycles. The van der Waals surface area contributed by atoms with Crippen LogP contribution in [-0.4, -0.2) is 39.2 Å². The van der Waals surface area contributed by atoms with E-state index in [9.17, 15) is 0 Å². The third kappa shape index (κ3) is 5.72. The summed E-state index contributed by atoms with van der Waals surface area (Å²) in [5.74, 6) is 2.34. The van der Waals surface area contributed by atoms with Gasteiger partial charge >= 0.3 is 231 Å². The van der Waals surface area contributed by atoms with E-state index in [2.05, 4.69) is 164 Å². The van der Waals surface area contributed by atoms with Gasteiger partial charge in [-0.3, -0.25) is 0 Å². The van der Waals surface area contributed by atoms with Gasteiger partial charge < -0.3 is 0 Å². The number of aryl methyl sites for hydroxylation is 1. The van der Waals surface area contributed by atoms with Crippen LogP contribution in [0.1, 0.15) is 56.4 Å². The molecule has 0 unspecified atom stereocenters. The molecular formula is C43H38N6Se. The number of para-hydroxylation sites is 2. The number of pyridine rings is 2. The molecule has 8 rings (SSSR count). The molecule has 0 spiro atoms. The number of hydrogen-bond donors (Lipinski definition) is 0. The number of rotatable bonds is 8. The second-order valence-electron chi connectivity index (χ2n) is 13.3. The summed E-state index contributed by atoms with van der Waals surface area (Å²) in [4.78, 5) is 12.5. The summed E-state index contributed by atoms with van der Waals surface area (Å²) >= 11 is 0.109. The van der Waals surface area contributed by atoms with E-state index >= 15 is 0 Å². The van der Waals surface area contributed by atoms with Crippen LogP contribution in [0.25, 0.3) is 47.8 Å². The van der Waals surface area contributed by atoms with Crippen LogP contribution in [0.15, 0.2) is 128 Å². The first kappa shape index (κ1) is 31.9. The first-order valence-corrected chi connectivity index (χ1v) is 18.8. The van der Waals surface area contributed by atoms with Gasteiger partial charge in [0.1, 0.15) is 0 Å². The molecule has 246 valence electrons. The van der Waals surface area contributed by atoms with E-state index < -0.39 is 0 Å². The quantitative estimate of drug-likeness (QED) is 0.147. The predicted molar refractivity (Wildman–Crippen MR) is 207 cm³/mol. The second kappa shape index (κ2) is 13.2. The third-order valence-corrected chi connectivity index (χ3v) is 11.7. The molecule has 0 fully saturated rings. The molecule has 0 amide bonds. The normalized spacial score (nSPS) is 11.7. The molecule has 8 aromatic rings. The maximum absolute atomic E-state index is 5.36. The average Bonchev–Trinajstić information content (AvgIpc) is 3.77. The van der Waals surface area contributed by atoms with Gasteiger partial charge in [-0.15, -0.1) is 0 Å². The summed E-state index contributed by atoms with van der Waals surface area (Å²) in [6, 6.07) is 42.8. The van der Waals surface area contributed by atoms with Crippen molar-refractivity contribution in [1.29, 1.82) is 0 Å². The van der Waals surface area contributed by atoms with Gasteiger partial charge in [-0.05, 0) is 23.0 Å². The van der Waals surface area contributed by atoms with Crippen molar-refractivity contribution in [3.8, 4) is 28.3 Å². The van der Waals surface area contributed by atoms with E-state index in [1.54, 1.807) is 0 Å². The monoisotopic (exact) mass is 718 g/mol. The average molecular weight is 718 g/mol.